The molecule has 4 rings (SSSR count). The molecule has 3 fully saturated rings. The normalized spacial score (nSPS) is 44.7. The van der Waals surface area contributed by atoms with Crippen molar-refractivity contribution in [1.82, 2.24) is 9.80 Å². The Hall–Kier alpha value is -1.32. The summed E-state index contributed by atoms with van der Waals surface area (Å²) < 4.78 is 0. The van der Waals surface area contributed by atoms with Gasteiger partial charge in [-0.25, -0.2) is 0 Å². The lowest BCUT2D eigenvalue weighted by Crippen LogP contribution is -2.60. The van der Waals surface area contributed by atoms with Crippen LogP contribution in [0.15, 0.2) is 12.2 Å². The van der Waals surface area contributed by atoms with Crippen LogP contribution in [0.25, 0.3) is 0 Å². The van der Waals surface area contributed by atoms with Gasteiger partial charge in [0, 0.05) is 37.5 Å². The van der Waals surface area contributed by atoms with Crippen LogP contribution in [-0.4, -0.2) is 47.8 Å². The van der Waals surface area contributed by atoms with E-state index in [1.807, 2.05) is 22.9 Å². The summed E-state index contributed by atoms with van der Waals surface area (Å²) in [5.74, 6) is 2.75. The number of amides is 2. The number of nitrogens with zero attached hydrogens (tertiary/aromatic N) is 2. The number of carbonyl (C=O) groups is 2. The van der Waals surface area contributed by atoms with Crippen LogP contribution in [0.1, 0.15) is 66.2 Å². The Kier molecular flexibility index (Phi) is 4.91. The maximum atomic E-state index is 13.3. The van der Waals surface area contributed by atoms with Gasteiger partial charge in [0.1, 0.15) is 0 Å². The van der Waals surface area contributed by atoms with Crippen molar-refractivity contribution in [2.24, 2.45) is 34.5 Å². The number of carbonyl (C=O) groups excluding carboxylic acids is 2. The number of fused-ring (bicyclic) bond motifs is 5. The minimum atomic E-state index is 0.0911. The SMILES string of the molecule is CCN(CC)C(=O)C1CC[C@H]2[C@@H]3CCC4N(C)C(=O)C=C[C@]4(C)[C@@H]3CC[C@]12C. The predicted octanol–water partition coefficient (Wildman–Crippen LogP) is 4.11. The van der Waals surface area contributed by atoms with Crippen molar-refractivity contribution in [3.8, 4) is 0 Å². The average molecular weight is 387 g/mol. The highest BCUT2D eigenvalue weighted by Gasteiger charge is 2.61. The topological polar surface area (TPSA) is 40.6 Å². The molecule has 1 heterocycles. The van der Waals surface area contributed by atoms with Gasteiger partial charge in [-0.15, -0.1) is 0 Å². The molecule has 3 aliphatic carbocycles. The Labute approximate surface area is 170 Å². The first-order valence-corrected chi connectivity index (χ1v) is 11.5. The standard InChI is InChI=1S/C24H38N2O2/c1-6-26(7-2)22(28)19-10-9-17-16-8-11-20-24(4,15-13-21(27)25(20)5)18(16)12-14-23(17,19)3/h13,15-20H,6-12,14H2,1-5H3/t16-,17-,18+,19?,20?,23-,24+/m0/s1. The van der Waals surface area contributed by atoms with Gasteiger partial charge < -0.3 is 9.80 Å². The molecule has 156 valence electrons. The molecular weight excluding hydrogens is 348 g/mol. The zero-order chi connectivity index (χ0) is 20.3. The quantitative estimate of drug-likeness (QED) is 0.732. The van der Waals surface area contributed by atoms with E-state index in [1.165, 1.54) is 19.3 Å². The molecule has 1 aliphatic heterocycles. The van der Waals surface area contributed by atoms with Crippen LogP contribution in [0, 0.1) is 34.5 Å². The summed E-state index contributed by atoms with van der Waals surface area (Å²) in [6.07, 6.45) is 11.0. The van der Waals surface area contributed by atoms with Gasteiger partial charge >= 0.3 is 0 Å². The highest BCUT2D eigenvalue weighted by Crippen LogP contribution is 2.65. The van der Waals surface area contributed by atoms with E-state index in [-0.39, 0.29) is 22.7 Å². The van der Waals surface area contributed by atoms with E-state index in [0.29, 0.717) is 29.7 Å². The summed E-state index contributed by atoms with van der Waals surface area (Å²) in [6, 6.07) is 0.338. The van der Waals surface area contributed by atoms with Crippen molar-refractivity contribution in [2.45, 2.75) is 72.3 Å². The van der Waals surface area contributed by atoms with Crippen molar-refractivity contribution in [3.63, 3.8) is 0 Å². The molecule has 2 amide bonds. The second kappa shape index (κ2) is 6.88. The molecule has 0 radical (unpaired) electrons. The Morgan fingerprint density at radius 2 is 1.82 bits per heavy atom. The van der Waals surface area contributed by atoms with E-state index in [0.717, 1.165) is 32.4 Å². The Morgan fingerprint density at radius 1 is 1.11 bits per heavy atom. The Balaban J connectivity index is 1.61. The van der Waals surface area contributed by atoms with Gasteiger partial charge in [-0.1, -0.05) is 19.9 Å². The molecule has 2 unspecified atom stereocenters. The molecule has 4 aliphatic rings. The van der Waals surface area contributed by atoms with Crippen molar-refractivity contribution < 1.29 is 9.59 Å². The Morgan fingerprint density at radius 3 is 2.50 bits per heavy atom. The van der Waals surface area contributed by atoms with E-state index in [2.05, 4.69) is 33.8 Å². The molecule has 4 heteroatoms. The fourth-order valence-electron chi connectivity index (χ4n) is 7.90. The molecule has 0 bridgehead atoms. The second-order valence-electron chi connectivity index (χ2n) is 10.3. The van der Waals surface area contributed by atoms with Crippen molar-refractivity contribution >= 4 is 11.8 Å². The first kappa shape index (κ1) is 20.0. The maximum absolute atomic E-state index is 13.3. The van der Waals surface area contributed by atoms with E-state index in [9.17, 15) is 9.59 Å². The zero-order valence-corrected chi connectivity index (χ0v) is 18.4. The van der Waals surface area contributed by atoms with Crippen LogP contribution in [-0.2, 0) is 9.59 Å². The monoisotopic (exact) mass is 386 g/mol. The van der Waals surface area contributed by atoms with E-state index >= 15 is 0 Å². The molecule has 7 atom stereocenters. The second-order valence-corrected chi connectivity index (χ2v) is 10.3. The van der Waals surface area contributed by atoms with Gasteiger partial charge in [-0.3, -0.25) is 9.59 Å². The summed E-state index contributed by atoms with van der Waals surface area (Å²) >= 11 is 0. The maximum Gasteiger partial charge on any atom is 0.246 e. The van der Waals surface area contributed by atoms with Crippen LogP contribution < -0.4 is 0 Å². The van der Waals surface area contributed by atoms with Crippen LogP contribution in [0.4, 0.5) is 0 Å². The van der Waals surface area contributed by atoms with Crippen LogP contribution in [0.2, 0.25) is 0 Å². The minimum absolute atomic E-state index is 0.0911. The van der Waals surface area contributed by atoms with Gasteiger partial charge in [-0.2, -0.15) is 0 Å². The smallest absolute Gasteiger partial charge is 0.246 e. The molecule has 0 N–H and O–H groups in total. The van der Waals surface area contributed by atoms with Crippen LogP contribution in [0.3, 0.4) is 0 Å². The average Bonchev–Trinajstić information content (AvgIpc) is 3.03. The number of hydrogen-bond donors (Lipinski definition) is 0. The molecule has 28 heavy (non-hydrogen) atoms. The molecule has 0 saturated heterocycles. The summed E-state index contributed by atoms with van der Waals surface area (Å²) in [7, 11) is 1.98. The molecule has 3 saturated carbocycles. The lowest BCUT2D eigenvalue weighted by Gasteiger charge is -2.60. The molecular formula is C24H38N2O2. The largest absolute Gasteiger partial charge is 0.343 e. The van der Waals surface area contributed by atoms with Crippen molar-refractivity contribution in [1.29, 1.82) is 0 Å². The first-order chi connectivity index (χ1) is 13.3. The molecule has 4 nitrogen and oxygen atoms in total. The van der Waals surface area contributed by atoms with E-state index in [1.54, 1.807) is 0 Å². The zero-order valence-electron chi connectivity index (χ0n) is 18.4. The third-order valence-corrected chi connectivity index (χ3v) is 9.50. The number of hydrogen-bond acceptors (Lipinski definition) is 2. The van der Waals surface area contributed by atoms with Gasteiger partial charge in [0.15, 0.2) is 0 Å². The van der Waals surface area contributed by atoms with Gasteiger partial charge in [-0.05, 0) is 81.6 Å². The summed E-state index contributed by atoms with van der Waals surface area (Å²) in [5.41, 5.74) is 0.248. The van der Waals surface area contributed by atoms with Crippen LogP contribution >= 0.6 is 0 Å². The van der Waals surface area contributed by atoms with Gasteiger partial charge in [0.05, 0.1) is 0 Å². The van der Waals surface area contributed by atoms with Crippen molar-refractivity contribution in [2.75, 3.05) is 20.1 Å². The van der Waals surface area contributed by atoms with E-state index in [4.69, 9.17) is 0 Å². The molecule has 0 aromatic carbocycles. The lowest BCUT2D eigenvalue weighted by molar-refractivity contribution is -0.147. The highest BCUT2D eigenvalue weighted by molar-refractivity contribution is 5.89. The van der Waals surface area contributed by atoms with Crippen LogP contribution in [0.5, 0.6) is 0 Å². The van der Waals surface area contributed by atoms with Crippen molar-refractivity contribution in [3.05, 3.63) is 12.2 Å². The molecule has 0 aromatic rings. The molecule has 0 spiro atoms. The number of rotatable bonds is 3. The summed E-state index contributed by atoms with van der Waals surface area (Å²) in [6.45, 7) is 10.7. The van der Waals surface area contributed by atoms with E-state index < -0.39 is 0 Å². The highest BCUT2D eigenvalue weighted by atomic mass is 16.2. The predicted molar refractivity (Wildman–Crippen MR) is 112 cm³/mol. The third kappa shape index (κ3) is 2.62. The van der Waals surface area contributed by atoms with Gasteiger partial charge in [0.25, 0.3) is 0 Å². The van der Waals surface area contributed by atoms with Gasteiger partial charge in [0.2, 0.25) is 11.8 Å². The third-order valence-electron chi connectivity index (χ3n) is 9.50. The fourth-order valence-corrected chi connectivity index (χ4v) is 7.90. The molecule has 0 aromatic heterocycles. The first-order valence-electron chi connectivity index (χ1n) is 11.5. The minimum Gasteiger partial charge on any atom is -0.343 e. The number of likely N-dealkylation sites (N-methyl/N-ethyl adjacent to an activating group) is 1. The lowest BCUT2D eigenvalue weighted by atomic mass is 9.47. The fraction of sp³-hybridized carbons (Fsp3) is 0.833. The Bertz CT molecular complexity index is 684. The summed E-state index contributed by atoms with van der Waals surface area (Å²) in [4.78, 5) is 29.5. The summed E-state index contributed by atoms with van der Waals surface area (Å²) in [5, 5.41) is 0.